The van der Waals surface area contributed by atoms with Crippen LogP contribution >= 0.6 is 22.7 Å². The molecule has 18 heavy (non-hydrogen) atoms. The molecule has 0 bridgehead atoms. The van der Waals surface area contributed by atoms with E-state index in [1.165, 1.54) is 0 Å². The van der Waals surface area contributed by atoms with Crippen molar-refractivity contribution in [2.75, 3.05) is 12.4 Å². The van der Waals surface area contributed by atoms with Crippen LogP contribution in [0, 0.1) is 0 Å². The van der Waals surface area contributed by atoms with Gasteiger partial charge in [0.2, 0.25) is 0 Å². The van der Waals surface area contributed by atoms with Crippen LogP contribution in [0.15, 0.2) is 30.2 Å². The Morgan fingerprint density at radius 1 is 1.11 bits per heavy atom. The topological polar surface area (TPSA) is 63.6 Å². The molecule has 0 aromatic carbocycles. The number of aromatic nitrogens is 4. The normalized spacial score (nSPS) is 10.5. The van der Waals surface area contributed by atoms with E-state index in [0.29, 0.717) is 0 Å². The maximum Gasteiger partial charge on any atom is 0.182 e. The number of thiazole rings is 2. The van der Waals surface area contributed by atoms with E-state index in [9.17, 15) is 0 Å². The lowest BCUT2D eigenvalue weighted by Crippen LogP contribution is -1.84. The Kier molecular flexibility index (Phi) is 2.99. The third-order valence-electron chi connectivity index (χ3n) is 2.26. The van der Waals surface area contributed by atoms with Gasteiger partial charge in [-0.2, -0.15) is 0 Å². The molecule has 3 aromatic heterocycles. The van der Waals surface area contributed by atoms with Gasteiger partial charge in [-0.3, -0.25) is 9.97 Å². The standard InChI is InChI=1S/C11H9N5S2/c1-12-11-16-8(6-17-11)9-5-15-10(18-9)7-4-13-2-3-14-7/h2-6H,1H3,(H,12,16). The summed E-state index contributed by atoms with van der Waals surface area (Å²) in [6.07, 6.45) is 6.85. The van der Waals surface area contributed by atoms with Crippen LogP contribution in [0.25, 0.3) is 21.3 Å². The highest BCUT2D eigenvalue weighted by atomic mass is 32.1. The van der Waals surface area contributed by atoms with Crippen molar-refractivity contribution >= 4 is 27.8 Å². The van der Waals surface area contributed by atoms with Crippen molar-refractivity contribution in [3.8, 4) is 21.3 Å². The Morgan fingerprint density at radius 3 is 2.78 bits per heavy atom. The van der Waals surface area contributed by atoms with E-state index < -0.39 is 0 Å². The summed E-state index contributed by atoms with van der Waals surface area (Å²) in [6, 6.07) is 0. The van der Waals surface area contributed by atoms with Crippen LogP contribution < -0.4 is 5.32 Å². The summed E-state index contributed by atoms with van der Waals surface area (Å²) in [5, 5.41) is 6.80. The fourth-order valence-corrected chi connectivity index (χ4v) is 3.01. The average Bonchev–Trinajstić information content (AvgIpc) is 3.08. The van der Waals surface area contributed by atoms with Gasteiger partial charge in [0.1, 0.15) is 10.7 Å². The number of hydrogen-bond acceptors (Lipinski definition) is 7. The summed E-state index contributed by atoms with van der Waals surface area (Å²) in [7, 11) is 1.86. The Morgan fingerprint density at radius 2 is 2.06 bits per heavy atom. The van der Waals surface area contributed by atoms with Gasteiger partial charge in [-0.15, -0.1) is 22.7 Å². The van der Waals surface area contributed by atoms with Crippen LogP contribution in [0.1, 0.15) is 0 Å². The minimum absolute atomic E-state index is 0.790. The van der Waals surface area contributed by atoms with Gasteiger partial charge in [0.05, 0.1) is 16.8 Å². The molecule has 0 spiro atoms. The minimum Gasteiger partial charge on any atom is -0.365 e. The second kappa shape index (κ2) is 4.79. The largest absolute Gasteiger partial charge is 0.365 e. The molecule has 3 rings (SSSR count). The Balaban J connectivity index is 1.94. The van der Waals surface area contributed by atoms with Gasteiger partial charge in [-0.1, -0.05) is 0 Å². The summed E-state index contributed by atoms with van der Waals surface area (Å²) in [4.78, 5) is 18.1. The molecule has 3 aromatic rings. The molecule has 1 N–H and O–H groups in total. The van der Waals surface area contributed by atoms with Crippen molar-refractivity contribution in [2.45, 2.75) is 0 Å². The Labute approximate surface area is 112 Å². The van der Waals surface area contributed by atoms with Gasteiger partial charge in [-0.05, 0) is 0 Å². The molecular weight excluding hydrogens is 266 g/mol. The molecule has 0 atom stereocenters. The molecule has 0 saturated heterocycles. The second-order valence-corrected chi connectivity index (χ2v) is 5.30. The summed E-state index contributed by atoms with van der Waals surface area (Å²) < 4.78 is 0. The van der Waals surface area contributed by atoms with Gasteiger partial charge < -0.3 is 5.32 Å². The average molecular weight is 275 g/mol. The van der Waals surface area contributed by atoms with Crippen LogP contribution in [0.4, 0.5) is 5.13 Å². The fraction of sp³-hybridized carbons (Fsp3) is 0.0909. The fourth-order valence-electron chi connectivity index (χ4n) is 1.42. The molecule has 0 aliphatic rings. The highest BCUT2D eigenvalue weighted by molar-refractivity contribution is 7.19. The van der Waals surface area contributed by atoms with Crippen LogP contribution in [-0.2, 0) is 0 Å². The Bertz CT molecular complexity index is 646. The SMILES string of the molecule is CNc1nc(-c2cnc(-c3cnccn3)s2)cs1. The molecule has 7 heteroatoms. The van der Waals surface area contributed by atoms with E-state index in [2.05, 4.69) is 25.3 Å². The van der Waals surface area contributed by atoms with Crippen LogP contribution in [0.5, 0.6) is 0 Å². The third-order valence-corrected chi connectivity index (χ3v) is 4.16. The number of hydrogen-bond donors (Lipinski definition) is 1. The van der Waals surface area contributed by atoms with E-state index >= 15 is 0 Å². The van der Waals surface area contributed by atoms with Gasteiger partial charge >= 0.3 is 0 Å². The number of anilines is 1. The predicted octanol–water partition coefficient (Wildman–Crippen LogP) is 2.77. The second-order valence-electron chi connectivity index (χ2n) is 3.41. The first kappa shape index (κ1) is 11.2. The number of nitrogens with one attached hydrogen (secondary N) is 1. The van der Waals surface area contributed by atoms with Gasteiger partial charge in [0, 0.05) is 31.0 Å². The predicted molar refractivity (Wildman–Crippen MR) is 73.8 cm³/mol. The van der Waals surface area contributed by atoms with E-state index in [1.54, 1.807) is 41.3 Å². The summed E-state index contributed by atoms with van der Waals surface area (Å²) in [6.45, 7) is 0. The summed E-state index contributed by atoms with van der Waals surface area (Å²) >= 11 is 3.14. The number of rotatable bonds is 3. The van der Waals surface area contributed by atoms with Crippen LogP contribution in [0.3, 0.4) is 0 Å². The highest BCUT2D eigenvalue weighted by Gasteiger charge is 2.10. The number of nitrogens with zero attached hydrogens (tertiary/aromatic N) is 4. The molecular formula is C11H9N5S2. The van der Waals surface area contributed by atoms with Gasteiger partial charge in [-0.25, -0.2) is 9.97 Å². The third kappa shape index (κ3) is 2.09. The zero-order valence-corrected chi connectivity index (χ0v) is 11.1. The molecule has 90 valence electrons. The van der Waals surface area contributed by atoms with E-state index in [0.717, 1.165) is 26.4 Å². The molecule has 0 fully saturated rings. The molecule has 5 nitrogen and oxygen atoms in total. The van der Waals surface area contributed by atoms with Crippen molar-refractivity contribution in [1.29, 1.82) is 0 Å². The van der Waals surface area contributed by atoms with Crippen molar-refractivity contribution in [3.63, 3.8) is 0 Å². The first-order valence-corrected chi connectivity index (χ1v) is 6.92. The molecule has 0 saturated carbocycles. The van der Waals surface area contributed by atoms with Crippen LogP contribution in [0.2, 0.25) is 0 Å². The first-order chi connectivity index (χ1) is 8.86. The van der Waals surface area contributed by atoms with Crippen LogP contribution in [-0.4, -0.2) is 27.0 Å². The molecule has 0 unspecified atom stereocenters. The molecule has 0 aliphatic heterocycles. The zero-order chi connectivity index (χ0) is 12.4. The van der Waals surface area contributed by atoms with Gasteiger partial charge in [0.15, 0.2) is 5.13 Å². The van der Waals surface area contributed by atoms with Crippen molar-refractivity contribution in [3.05, 3.63) is 30.2 Å². The molecule has 0 amide bonds. The summed E-state index contributed by atoms with van der Waals surface area (Å²) in [5.41, 5.74) is 1.73. The summed E-state index contributed by atoms with van der Waals surface area (Å²) in [5.74, 6) is 0. The Hall–Kier alpha value is -1.86. The highest BCUT2D eigenvalue weighted by Crippen LogP contribution is 2.32. The lowest BCUT2D eigenvalue weighted by atomic mass is 10.4. The maximum atomic E-state index is 4.45. The molecule has 0 radical (unpaired) electrons. The smallest absolute Gasteiger partial charge is 0.182 e. The molecule has 0 aliphatic carbocycles. The first-order valence-electron chi connectivity index (χ1n) is 5.22. The van der Waals surface area contributed by atoms with Crippen molar-refractivity contribution in [2.24, 2.45) is 0 Å². The van der Waals surface area contributed by atoms with E-state index in [4.69, 9.17) is 0 Å². The quantitative estimate of drug-likeness (QED) is 0.796. The van der Waals surface area contributed by atoms with Crippen molar-refractivity contribution < 1.29 is 0 Å². The monoisotopic (exact) mass is 275 g/mol. The van der Waals surface area contributed by atoms with E-state index in [-0.39, 0.29) is 0 Å². The lowest BCUT2D eigenvalue weighted by Gasteiger charge is -1.91. The van der Waals surface area contributed by atoms with Gasteiger partial charge in [0.25, 0.3) is 0 Å². The maximum absolute atomic E-state index is 4.45. The van der Waals surface area contributed by atoms with Crippen molar-refractivity contribution in [1.82, 2.24) is 19.9 Å². The lowest BCUT2D eigenvalue weighted by molar-refractivity contribution is 1.19. The minimum atomic E-state index is 0.790. The molecule has 3 heterocycles. The van der Waals surface area contributed by atoms with E-state index in [1.807, 2.05) is 18.6 Å². The zero-order valence-electron chi connectivity index (χ0n) is 9.49.